The van der Waals surface area contributed by atoms with E-state index in [0.29, 0.717) is 0 Å². The fourth-order valence-electron chi connectivity index (χ4n) is 1.63. The predicted octanol–water partition coefficient (Wildman–Crippen LogP) is 3.72. The molecule has 0 fully saturated rings. The summed E-state index contributed by atoms with van der Waals surface area (Å²) in [5, 5.41) is 3.96. The molecule has 0 aliphatic rings. The Morgan fingerprint density at radius 2 is 2.00 bits per heavy atom. The van der Waals surface area contributed by atoms with Gasteiger partial charge in [0.15, 0.2) is 0 Å². The lowest BCUT2D eigenvalue weighted by Gasteiger charge is -2.09. The summed E-state index contributed by atoms with van der Waals surface area (Å²) in [4.78, 5) is -0.248. The second-order valence-electron chi connectivity index (χ2n) is 4.12. The highest BCUT2D eigenvalue weighted by Gasteiger charge is 2.19. The summed E-state index contributed by atoms with van der Waals surface area (Å²) in [7, 11) is 1.30. The van der Waals surface area contributed by atoms with Crippen LogP contribution in [-0.2, 0) is 22.2 Å². The SMILES string of the molecule is CCn1cc(COc2ccc(S(=O)(=O)Cl)c(Cl)c2Cl)cn1. The Labute approximate surface area is 136 Å². The molecule has 0 amide bonds. The van der Waals surface area contributed by atoms with Gasteiger partial charge in [-0.2, -0.15) is 5.10 Å². The van der Waals surface area contributed by atoms with Crippen molar-refractivity contribution in [2.45, 2.75) is 25.0 Å². The van der Waals surface area contributed by atoms with E-state index in [-0.39, 0.29) is 27.3 Å². The summed E-state index contributed by atoms with van der Waals surface area (Å²) < 4.78 is 29.9. The maximum Gasteiger partial charge on any atom is 0.262 e. The van der Waals surface area contributed by atoms with Crippen LogP contribution in [0.2, 0.25) is 10.0 Å². The molecule has 0 aliphatic carbocycles. The molecule has 21 heavy (non-hydrogen) atoms. The number of halogens is 3. The molecule has 0 bridgehead atoms. The Morgan fingerprint density at radius 3 is 2.57 bits per heavy atom. The number of rotatable bonds is 5. The lowest BCUT2D eigenvalue weighted by molar-refractivity contribution is 0.306. The van der Waals surface area contributed by atoms with Crippen LogP contribution in [0.4, 0.5) is 0 Å². The molecule has 0 N–H and O–H groups in total. The summed E-state index contributed by atoms with van der Waals surface area (Å²) in [5.74, 6) is 0.273. The highest BCUT2D eigenvalue weighted by atomic mass is 35.7. The van der Waals surface area contributed by atoms with E-state index in [2.05, 4.69) is 5.10 Å². The smallest absolute Gasteiger partial charge is 0.262 e. The third kappa shape index (κ3) is 3.83. The van der Waals surface area contributed by atoms with Crippen LogP contribution in [0.25, 0.3) is 0 Å². The van der Waals surface area contributed by atoms with E-state index in [1.165, 1.54) is 12.1 Å². The van der Waals surface area contributed by atoms with E-state index in [9.17, 15) is 8.42 Å². The van der Waals surface area contributed by atoms with E-state index in [1.54, 1.807) is 10.9 Å². The van der Waals surface area contributed by atoms with Crippen LogP contribution in [0.15, 0.2) is 29.4 Å². The van der Waals surface area contributed by atoms with Crippen molar-refractivity contribution in [3.63, 3.8) is 0 Å². The minimum atomic E-state index is -3.95. The van der Waals surface area contributed by atoms with Crippen LogP contribution in [-0.4, -0.2) is 18.2 Å². The lowest BCUT2D eigenvalue weighted by atomic mass is 10.3. The Balaban J connectivity index is 2.20. The summed E-state index contributed by atoms with van der Waals surface area (Å²) >= 11 is 11.9. The fraction of sp³-hybridized carbons (Fsp3) is 0.250. The molecule has 2 rings (SSSR count). The highest BCUT2D eigenvalue weighted by Crippen LogP contribution is 2.38. The summed E-state index contributed by atoms with van der Waals surface area (Å²) in [5.41, 5.74) is 0.859. The molecular weight excluding hydrogens is 359 g/mol. The third-order valence-electron chi connectivity index (χ3n) is 2.68. The molecule has 1 aromatic heterocycles. The molecule has 0 aliphatic heterocycles. The lowest BCUT2D eigenvalue weighted by Crippen LogP contribution is -1.98. The van der Waals surface area contributed by atoms with E-state index < -0.39 is 9.05 Å². The number of hydrogen-bond acceptors (Lipinski definition) is 4. The average molecular weight is 370 g/mol. The molecule has 0 saturated carbocycles. The Morgan fingerprint density at radius 1 is 1.29 bits per heavy atom. The number of aryl methyl sites for hydroxylation is 1. The zero-order valence-electron chi connectivity index (χ0n) is 10.9. The van der Waals surface area contributed by atoms with Gasteiger partial charge in [-0.05, 0) is 19.1 Å². The first-order valence-corrected chi connectivity index (χ1v) is 8.96. The topological polar surface area (TPSA) is 61.2 Å². The molecule has 0 spiro atoms. The maximum atomic E-state index is 11.3. The zero-order chi connectivity index (χ0) is 15.6. The largest absolute Gasteiger partial charge is 0.487 e. The Kier molecular flexibility index (Phi) is 5.03. The van der Waals surface area contributed by atoms with Gasteiger partial charge in [0.05, 0.1) is 11.2 Å². The van der Waals surface area contributed by atoms with Gasteiger partial charge >= 0.3 is 0 Å². The van der Waals surface area contributed by atoms with Crippen LogP contribution in [0.5, 0.6) is 5.75 Å². The van der Waals surface area contributed by atoms with Gasteiger partial charge in [0.1, 0.15) is 22.3 Å². The molecule has 2 aromatic rings. The van der Waals surface area contributed by atoms with Crippen molar-refractivity contribution in [1.82, 2.24) is 9.78 Å². The van der Waals surface area contributed by atoms with Crippen LogP contribution in [0.1, 0.15) is 12.5 Å². The second kappa shape index (κ2) is 6.44. The van der Waals surface area contributed by atoms with Crippen molar-refractivity contribution in [3.8, 4) is 5.75 Å². The number of benzene rings is 1. The van der Waals surface area contributed by atoms with Crippen LogP contribution in [0.3, 0.4) is 0 Å². The molecule has 9 heteroatoms. The first-order valence-electron chi connectivity index (χ1n) is 5.89. The molecule has 114 valence electrons. The van der Waals surface area contributed by atoms with E-state index in [1.807, 2.05) is 13.1 Å². The Bertz CT molecular complexity index is 759. The minimum absolute atomic E-state index is 0.00118. The highest BCUT2D eigenvalue weighted by molar-refractivity contribution is 8.13. The van der Waals surface area contributed by atoms with E-state index in [4.69, 9.17) is 38.6 Å². The van der Waals surface area contributed by atoms with Gasteiger partial charge in [-0.1, -0.05) is 23.2 Å². The minimum Gasteiger partial charge on any atom is -0.487 e. The van der Waals surface area contributed by atoms with Gasteiger partial charge in [-0.15, -0.1) is 0 Å². The van der Waals surface area contributed by atoms with Gasteiger partial charge in [-0.3, -0.25) is 4.68 Å². The van der Waals surface area contributed by atoms with E-state index >= 15 is 0 Å². The number of ether oxygens (including phenoxy) is 1. The monoisotopic (exact) mass is 368 g/mol. The molecule has 0 atom stereocenters. The first kappa shape index (κ1) is 16.4. The van der Waals surface area contributed by atoms with Crippen LogP contribution in [0, 0.1) is 0 Å². The number of nitrogens with zero attached hydrogens (tertiary/aromatic N) is 2. The van der Waals surface area contributed by atoms with Crippen LogP contribution >= 0.6 is 33.9 Å². The molecule has 0 unspecified atom stereocenters. The predicted molar refractivity (Wildman–Crippen MR) is 81.7 cm³/mol. The van der Waals surface area contributed by atoms with E-state index in [0.717, 1.165) is 12.1 Å². The molecule has 1 heterocycles. The van der Waals surface area contributed by atoms with Crippen molar-refractivity contribution >= 4 is 42.9 Å². The third-order valence-corrected chi connectivity index (χ3v) is 5.02. The fourth-order valence-corrected chi connectivity index (χ4v) is 3.42. The van der Waals surface area contributed by atoms with Gasteiger partial charge in [0.2, 0.25) is 0 Å². The van der Waals surface area contributed by atoms with Crippen molar-refractivity contribution < 1.29 is 13.2 Å². The van der Waals surface area contributed by atoms with Crippen molar-refractivity contribution in [1.29, 1.82) is 0 Å². The molecule has 5 nitrogen and oxygen atoms in total. The van der Waals surface area contributed by atoms with Gasteiger partial charge in [-0.25, -0.2) is 8.42 Å². The van der Waals surface area contributed by atoms with Gasteiger partial charge in [0, 0.05) is 29.0 Å². The first-order chi connectivity index (χ1) is 9.82. The van der Waals surface area contributed by atoms with Crippen molar-refractivity contribution in [2.75, 3.05) is 0 Å². The summed E-state index contributed by atoms with van der Waals surface area (Å²) in [6, 6.07) is 2.66. The standard InChI is InChI=1S/C12H11Cl3N2O3S/c1-2-17-6-8(5-16-17)7-20-9-3-4-10(21(15,18)19)12(14)11(9)13/h3-6H,2,7H2,1H3. The molecule has 0 radical (unpaired) electrons. The average Bonchev–Trinajstić information content (AvgIpc) is 2.87. The zero-order valence-corrected chi connectivity index (χ0v) is 14.0. The Hall–Kier alpha value is -0.950. The van der Waals surface area contributed by atoms with Crippen molar-refractivity contribution in [2.24, 2.45) is 0 Å². The molecular formula is C12H11Cl3N2O3S. The second-order valence-corrected chi connectivity index (χ2v) is 7.41. The maximum absolute atomic E-state index is 11.3. The molecule has 0 saturated heterocycles. The van der Waals surface area contributed by atoms with Crippen LogP contribution < -0.4 is 4.74 Å². The summed E-state index contributed by atoms with van der Waals surface area (Å²) in [6.45, 7) is 2.97. The van der Waals surface area contributed by atoms with Gasteiger partial charge < -0.3 is 4.74 Å². The normalized spacial score (nSPS) is 11.6. The van der Waals surface area contributed by atoms with Gasteiger partial charge in [0.25, 0.3) is 9.05 Å². The number of hydrogen-bond donors (Lipinski definition) is 0. The van der Waals surface area contributed by atoms with Crippen molar-refractivity contribution in [3.05, 3.63) is 40.1 Å². The summed E-state index contributed by atoms with van der Waals surface area (Å²) in [6.07, 6.45) is 3.52. The number of aromatic nitrogens is 2. The molecule has 1 aromatic carbocycles. The quantitative estimate of drug-likeness (QED) is 0.754.